The Morgan fingerprint density at radius 2 is 2.07 bits per heavy atom. The lowest BCUT2D eigenvalue weighted by Crippen LogP contribution is -2.40. The molecule has 4 nitrogen and oxygen atoms in total. The standard InChI is InChI=1S/C10H22N2O2S/c1-2-3-4-7-12-8-5-10-15(13,14)11-6-9-12/h11H,2-10H2,1H3. The van der Waals surface area contributed by atoms with Crippen LogP contribution < -0.4 is 4.72 Å². The summed E-state index contributed by atoms with van der Waals surface area (Å²) < 4.78 is 25.1. The number of hydrogen-bond donors (Lipinski definition) is 1. The van der Waals surface area contributed by atoms with Crippen molar-refractivity contribution in [2.75, 3.05) is 31.9 Å². The highest BCUT2D eigenvalue weighted by atomic mass is 32.2. The van der Waals surface area contributed by atoms with Crippen LogP contribution in [-0.4, -0.2) is 45.2 Å². The van der Waals surface area contributed by atoms with Crippen molar-refractivity contribution in [3.8, 4) is 0 Å². The minimum atomic E-state index is -2.97. The van der Waals surface area contributed by atoms with Crippen LogP contribution in [0.2, 0.25) is 0 Å². The van der Waals surface area contributed by atoms with Gasteiger partial charge in [-0.3, -0.25) is 0 Å². The Hall–Kier alpha value is -0.130. The first-order valence-corrected chi connectivity index (χ1v) is 7.49. The van der Waals surface area contributed by atoms with Crippen LogP contribution in [0.25, 0.3) is 0 Å². The van der Waals surface area contributed by atoms with Crippen molar-refractivity contribution >= 4 is 10.0 Å². The molecule has 0 radical (unpaired) electrons. The topological polar surface area (TPSA) is 49.4 Å². The third-order valence-corrected chi connectivity index (χ3v) is 4.19. The summed E-state index contributed by atoms with van der Waals surface area (Å²) in [5.74, 6) is 0.275. The number of hydrogen-bond acceptors (Lipinski definition) is 3. The van der Waals surface area contributed by atoms with E-state index in [-0.39, 0.29) is 5.75 Å². The number of nitrogens with one attached hydrogen (secondary N) is 1. The summed E-state index contributed by atoms with van der Waals surface area (Å²) in [6.45, 7) is 5.64. The van der Waals surface area contributed by atoms with Crippen LogP contribution >= 0.6 is 0 Å². The Bertz CT molecular complexity index is 249. The highest BCUT2D eigenvalue weighted by molar-refractivity contribution is 7.89. The molecule has 0 amide bonds. The maximum Gasteiger partial charge on any atom is 0.211 e. The molecule has 0 bridgehead atoms. The molecule has 1 heterocycles. The first-order valence-electron chi connectivity index (χ1n) is 5.84. The SMILES string of the molecule is CCCCCN1CCCS(=O)(=O)NCC1. The average molecular weight is 234 g/mol. The molecule has 0 aromatic heterocycles. The molecule has 1 aliphatic heterocycles. The zero-order valence-electron chi connectivity index (χ0n) is 9.54. The Morgan fingerprint density at radius 1 is 1.27 bits per heavy atom. The van der Waals surface area contributed by atoms with E-state index in [0.29, 0.717) is 6.54 Å². The second-order valence-corrected chi connectivity index (χ2v) is 6.04. The van der Waals surface area contributed by atoms with Crippen molar-refractivity contribution in [3.05, 3.63) is 0 Å². The molecule has 0 unspecified atom stereocenters. The van der Waals surface area contributed by atoms with Crippen molar-refractivity contribution in [3.63, 3.8) is 0 Å². The van der Waals surface area contributed by atoms with E-state index in [1.807, 2.05) is 0 Å². The lowest BCUT2D eigenvalue weighted by atomic mass is 10.2. The van der Waals surface area contributed by atoms with Gasteiger partial charge in [0.2, 0.25) is 10.0 Å². The van der Waals surface area contributed by atoms with E-state index in [1.165, 1.54) is 19.3 Å². The average Bonchev–Trinajstić information content (AvgIpc) is 2.14. The predicted molar refractivity (Wildman–Crippen MR) is 62.4 cm³/mol. The van der Waals surface area contributed by atoms with Crippen molar-refractivity contribution in [2.24, 2.45) is 0 Å². The second kappa shape index (κ2) is 6.45. The fraction of sp³-hybridized carbons (Fsp3) is 1.00. The van der Waals surface area contributed by atoms with Gasteiger partial charge in [0.15, 0.2) is 0 Å². The number of nitrogens with zero attached hydrogens (tertiary/aromatic N) is 1. The molecule has 1 saturated heterocycles. The quantitative estimate of drug-likeness (QED) is 0.732. The lowest BCUT2D eigenvalue weighted by molar-refractivity contribution is 0.269. The molecule has 5 heteroatoms. The van der Waals surface area contributed by atoms with Gasteiger partial charge in [0.1, 0.15) is 0 Å². The van der Waals surface area contributed by atoms with Crippen molar-refractivity contribution in [1.29, 1.82) is 0 Å². The largest absolute Gasteiger partial charge is 0.302 e. The van der Waals surface area contributed by atoms with Crippen LogP contribution in [0.15, 0.2) is 0 Å². The minimum Gasteiger partial charge on any atom is -0.302 e. The second-order valence-electron chi connectivity index (χ2n) is 4.12. The fourth-order valence-corrected chi connectivity index (χ4v) is 2.89. The van der Waals surface area contributed by atoms with Gasteiger partial charge in [-0.05, 0) is 25.9 Å². The third kappa shape index (κ3) is 5.49. The molecule has 90 valence electrons. The van der Waals surface area contributed by atoms with Crippen LogP contribution in [0.4, 0.5) is 0 Å². The zero-order valence-corrected chi connectivity index (χ0v) is 10.4. The van der Waals surface area contributed by atoms with Gasteiger partial charge in [0.25, 0.3) is 0 Å². The first kappa shape index (κ1) is 12.9. The molecule has 1 aliphatic rings. The van der Waals surface area contributed by atoms with Crippen molar-refractivity contribution in [1.82, 2.24) is 9.62 Å². The van der Waals surface area contributed by atoms with E-state index < -0.39 is 10.0 Å². The normalized spacial score (nSPS) is 23.3. The van der Waals surface area contributed by atoms with Gasteiger partial charge in [-0.1, -0.05) is 19.8 Å². The number of unbranched alkanes of at least 4 members (excludes halogenated alkanes) is 2. The fourth-order valence-electron chi connectivity index (χ4n) is 1.83. The zero-order chi connectivity index (χ0) is 11.1. The molecule has 0 atom stereocenters. The highest BCUT2D eigenvalue weighted by Crippen LogP contribution is 2.02. The van der Waals surface area contributed by atoms with Gasteiger partial charge in [0, 0.05) is 13.1 Å². The van der Waals surface area contributed by atoms with E-state index in [4.69, 9.17) is 0 Å². The Morgan fingerprint density at radius 3 is 2.80 bits per heavy atom. The van der Waals surface area contributed by atoms with Crippen molar-refractivity contribution < 1.29 is 8.42 Å². The molecular weight excluding hydrogens is 212 g/mol. The monoisotopic (exact) mass is 234 g/mol. The maximum absolute atomic E-state index is 11.3. The van der Waals surface area contributed by atoms with E-state index in [0.717, 1.165) is 26.1 Å². The van der Waals surface area contributed by atoms with Crippen LogP contribution in [-0.2, 0) is 10.0 Å². The predicted octanol–water partition coefficient (Wildman–Crippen LogP) is 0.802. The van der Waals surface area contributed by atoms with Crippen molar-refractivity contribution in [2.45, 2.75) is 32.6 Å². The summed E-state index contributed by atoms with van der Waals surface area (Å²) >= 11 is 0. The Labute approximate surface area is 93.1 Å². The maximum atomic E-state index is 11.3. The molecular formula is C10H22N2O2S. The molecule has 0 spiro atoms. The van der Waals surface area contributed by atoms with Gasteiger partial charge < -0.3 is 4.90 Å². The molecule has 0 aliphatic carbocycles. The summed E-state index contributed by atoms with van der Waals surface area (Å²) in [4.78, 5) is 2.36. The van der Waals surface area contributed by atoms with E-state index in [1.54, 1.807) is 0 Å². The van der Waals surface area contributed by atoms with E-state index >= 15 is 0 Å². The van der Waals surface area contributed by atoms with E-state index in [9.17, 15) is 8.42 Å². The molecule has 0 aromatic rings. The summed E-state index contributed by atoms with van der Waals surface area (Å²) in [5.41, 5.74) is 0. The van der Waals surface area contributed by atoms with Gasteiger partial charge in [-0.15, -0.1) is 0 Å². The Kier molecular flexibility index (Phi) is 5.56. The summed E-state index contributed by atoms with van der Waals surface area (Å²) in [6, 6.07) is 0. The van der Waals surface area contributed by atoms with Crippen LogP contribution in [0.5, 0.6) is 0 Å². The molecule has 0 saturated carbocycles. The molecule has 0 aromatic carbocycles. The van der Waals surface area contributed by atoms with Crippen LogP contribution in [0.1, 0.15) is 32.6 Å². The molecule has 1 rings (SSSR count). The minimum absolute atomic E-state index is 0.275. The summed E-state index contributed by atoms with van der Waals surface area (Å²) in [5, 5.41) is 0. The van der Waals surface area contributed by atoms with Gasteiger partial charge in [-0.2, -0.15) is 0 Å². The highest BCUT2D eigenvalue weighted by Gasteiger charge is 2.15. The molecule has 1 fully saturated rings. The molecule has 1 N–H and O–H groups in total. The van der Waals surface area contributed by atoms with Gasteiger partial charge >= 0.3 is 0 Å². The first-order chi connectivity index (χ1) is 7.14. The number of sulfonamides is 1. The van der Waals surface area contributed by atoms with Gasteiger partial charge in [0.05, 0.1) is 5.75 Å². The summed E-state index contributed by atoms with van der Waals surface area (Å²) in [6.07, 6.45) is 4.48. The van der Waals surface area contributed by atoms with Crippen LogP contribution in [0, 0.1) is 0 Å². The summed E-state index contributed by atoms with van der Waals surface area (Å²) in [7, 11) is -2.97. The number of rotatable bonds is 4. The Balaban J connectivity index is 2.26. The smallest absolute Gasteiger partial charge is 0.211 e. The molecule has 15 heavy (non-hydrogen) atoms. The lowest BCUT2D eigenvalue weighted by Gasteiger charge is -2.24. The van der Waals surface area contributed by atoms with Gasteiger partial charge in [-0.25, -0.2) is 13.1 Å². The van der Waals surface area contributed by atoms with Crippen LogP contribution in [0.3, 0.4) is 0 Å². The van der Waals surface area contributed by atoms with E-state index in [2.05, 4.69) is 16.5 Å². The third-order valence-electron chi connectivity index (χ3n) is 2.72.